The second-order valence-corrected chi connectivity index (χ2v) is 4.78. The number of hydrogen-bond acceptors (Lipinski definition) is 3. The Morgan fingerprint density at radius 2 is 2.11 bits per heavy atom. The maximum atomic E-state index is 14.0. The van der Waals surface area contributed by atoms with Gasteiger partial charge in [-0.15, -0.1) is 0 Å². The van der Waals surface area contributed by atoms with Gasteiger partial charge in [0.25, 0.3) is 0 Å². The van der Waals surface area contributed by atoms with Gasteiger partial charge in [0, 0.05) is 19.6 Å². The number of nitrogens with zero attached hydrogens (tertiary/aromatic N) is 1. The summed E-state index contributed by atoms with van der Waals surface area (Å²) in [4.78, 5) is 2.01. The number of benzene rings is 1. The monoisotopic (exact) mass is 252 g/mol. The van der Waals surface area contributed by atoms with E-state index < -0.39 is 0 Å². The lowest BCUT2D eigenvalue weighted by Crippen LogP contribution is -2.36. The zero-order chi connectivity index (χ0) is 13.0. The van der Waals surface area contributed by atoms with Gasteiger partial charge in [-0.1, -0.05) is 13.0 Å². The topological polar surface area (TPSA) is 35.5 Å². The lowest BCUT2D eigenvalue weighted by Gasteiger charge is -2.31. The zero-order valence-corrected chi connectivity index (χ0v) is 10.8. The Morgan fingerprint density at radius 1 is 1.39 bits per heavy atom. The lowest BCUT2D eigenvalue weighted by molar-refractivity contribution is 0.145. The molecule has 1 aliphatic rings. The Labute approximate surface area is 108 Å². The van der Waals surface area contributed by atoms with Gasteiger partial charge in [-0.05, 0) is 37.1 Å². The summed E-state index contributed by atoms with van der Waals surface area (Å²) in [5, 5.41) is 12.6. The molecule has 1 aromatic rings. The van der Waals surface area contributed by atoms with Gasteiger partial charge in [0.15, 0.2) is 0 Å². The summed E-state index contributed by atoms with van der Waals surface area (Å²) < 4.78 is 14.0. The molecule has 0 aliphatic carbocycles. The molecule has 1 heterocycles. The molecular formula is C14H21FN2O. The van der Waals surface area contributed by atoms with E-state index in [1.54, 1.807) is 6.07 Å². The van der Waals surface area contributed by atoms with E-state index in [9.17, 15) is 9.50 Å². The molecule has 0 bridgehead atoms. The van der Waals surface area contributed by atoms with Crippen molar-refractivity contribution in [3.8, 4) is 0 Å². The number of aliphatic hydroxyl groups excluding tert-OH is 1. The van der Waals surface area contributed by atoms with Crippen molar-refractivity contribution in [1.82, 2.24) is 5.32 Å². The third-order valence-electron chi connectivity index (χ3n) is 3.40. The van der Waals surface area contributed by atoms with Gasteiger partial charge in [-0.3, -0.25) is 0 Å². The van der Waals surface area contributed by atoms with Crippen molar-refractivity contribution in [1.29, 1.82) is 0 Å². The van der Waals surface area contributed by atoms with Gasteiger partial charge in [-0.25, -0.2) is 4.39 Å². The minimum atomic E-state index is -0.225. The molecule has 1 aliphatic heterocycles. The van der Waals surface area contributed by atoms with Crippen LogP contribution in [-0.4, -0.2) is 30.8 Å². The van der Waals surface area contributed by atoms with Crippen molar-refractivity contribution in [3.05, 3.63) is 29.6 Å². The molecule has 1 saturated heterocycles. The molecule has 2 rings (SSSR count). The highest BCUT2D eigenvalue weighted by Gasteiger charge is 2.19. The zero-order valence-electron chi connectivity index (χ0n) is 10.8. The molecule has 0 saturated carbocycles. The third kappa shape index (κ3) is 3.21. The van der Waals surface area contributed by atoms with Crippen LogP contribution >= 0.6 is 0 Å². The highest BCUT2D eigenvalue weighted by Crippen LogP contribution is 2.24. The highest BCUT2D eigenvalue weighted by atomic mass is 19.1. The summed E-state index contributed by atoms with van der Waals surface area (Å²) in [6.45, 7) is 5.07. The molecule has 0 spiro atoms. The van der Waals surface area contributed by atoms with E-state index >= 15 is 0 Å². The van der Waals surface area contributed by atoms with Crippen LogP contribution in [0.2, 0.25) is 0 Å². The molecule has 0 atom stereocenters. The molecule has 2 N–H and O–H groups in total. The molecule has 3 nitrogen and oxygen atoms in total. The summed E-state index contributed by atoms with van der Waals surface area (Å²) in [7, 11) is 0. The van der Waals surface area contributed by atoms with Gasteiger partial charge >= 0.3 is 0 Å². The number of halogens is 1. The van der Waals surface area contributed by atoms with Crippen molar-refractivity contribution in [2.45, 2.75) is 32.4 Å². The predicted octanol–water partition coefficient (Wildman–Crippen LogP) is 1.90. The molecular weight excluding hydrogens is 231 g/mol. The first-order valence-electron chi connectivity index (χ1n) is 6.63. The summed E-state index contributed by atoms with van der Waals surface area (Å²) in [6.07, 6.45) is 1.22. The molecule has 0 unspecified atom stereocenters. The van der Waals surface area contributed by atoms with E-state index in [1.807, 2.05) is 24.0 Å². The Morgan fingerprint density at radius 3 is 2.72 bits per heavy atom. The first-order chi connectivity index (χ1) is 8.70. The maximum absolute atomic E-state index is 14.0. The van der Waals surface area contributed by atoms with Gasteiger partial charge in [0.1, 0.15) is 5.82 Å². The quantitative estimate of drug-likeness (QED) is 0.859. The molecule has 100 valence electrons. The van der Waals surface area contributed by atoms with Crippen molar-refractivity contribution in [2.24, 2.45) is 0 Å². The van der Waals surface area contributed by atoms with Crippen LogP contribution in [0.5, 0.6) is 0 Å². The number of nitrogens with one attached hydrogen (secondary N) is 1. The van der Waals surface area contributed by atoms with E-state index in [1.165, 1.54) is 0 Å². The fraction of sp³-hybridized carbons (Fsp3) is 0.571. The van der Waals surface area contributed by atoms with E-state index in [0.717, 1.165) is 38.0 Å². The van der Waals surface area contributed by atoms with Crippen molar-refractivity contribution in [3.63, 3.8) is 0 Å². The number of anilines is 1. The van der Waals surface area contributed by atoms with E-state index in [2.05, 4.69) is 5.32 Å². The Balaban J connectivity index is 2.05. The van der Waals surface area contributed by atoms with Crippen LogP contribution in [0.1, 0.15) is 25.3 Å². The third-order valence-corrected chi connectivity index (χ3v) is 3.40. The minimum Gasteiger partial charge on any atom is -0.393 e. The van der Waals surface area contributed by atoms with Gasteiger partial charge in [0.2, 0.25) is 0 Å². The SMILES string of the molecule is CCNCc1ccc(N2CCC(O)CC2)c(F)c1. The molecule has 0 radical (unpaired) electrons. The van der Waals surface area contributed by atoms with E-state index in [-0.39, 0.29) is 11.9 Å². The first kappa shape index (κ1) is 13.3. The summed E-state index contributed by atoms with van der Waals surface area (Å²) in [5.74, 6) is -0.165. The van der Waals surface area contributed by atoms with Crippen LogP contribution in [0.15, 0.2) is 18.2 Å². The van der Waals surface area contributed by atoms with Crippen molar-refractivity contribution >= 4 is 5.69 Å². The lowest BCUT2D eigenvalue weighted by atomic mass is 10.1. The van der Waals surface area contributed by atoms with Crippen molar-refractivity contribution < 1.29 is 9.50 Å². The summed E-state index contributed by atoms with van der Waals surface area (Å²) in [5.41, 5.74) is 1.62. The number of aliphatic hydroxyl groups is 1. The Hall–Kier alpha value is -1.13. The standard InChI is InChI=1S/C14H21FN2O/c1-2-16-10-11-3-4-14(13(15)9-11)17-7-5-12(18)6-8-17/h3-4,9,12,16,18H,2,5-8,10H2,1H3. The largest absolute Gasteiger partial charge is 0.393 e. The van der Waals surface area contributed by atoms with Gasteiger partial charge in [-0.2, -0.15) is 0 Å². The average Bonchev–Trinajstić information content (AvgIpc) is 2.38. The fourth-order valence-electron chi connectivity index (χ4n) is 2.29. The minimum absolute atomic E-state index is 0.165. The average molecular weight is 252 g/mol. The number of rotatable bonds is 4. The fourth-order valence-corrected chi connectivity index (χ4v) is 2.29. The van der Waals surface area contributed by atoms with Crippen LogP contribution in [0.3, 0.4) is 0 Å². The highest BCUT2D eigenvalue weighted by molar-refractivity contribution is 5.49. The molecule has 0 aromatic heterocycles. The van der Waals surface area contributed by atoms with E-state index in [0.29, 0.717) is 12.2 Å². The summed E-state index contributed by atoms with van der Waals surface area (Å²) in [6, 6.07) is 5.41. The number of piperidine rings is 1. The molecule has 0 amide bonds. The number of hydrogen-bond donors (Lipinski definition) is 2. The molecule has 18 heavy (non-hydrogen) atoms. The predicted molar refractivity (Wildman–Crippen MR) is 71.2 cm³/mol. The Bertz CT molecular complexity index is 389. The van der Waals surface area contributed by atoms with Crippen LogP contribution in [0, 0.1) is 5.82 Å². The molecule has 4 heteroatoms. The molecule has 1 aromatic carbocycles. The normalized spacial score (nSPS) is 17.2. The maximum Gasteiger partial charge on any atom is 0.146 e. The first-order valence-corrected chi connectivity index (χ1v) is 6.63. The van der Waals surface area contributed by atoms with E-state index in [4.69, 9.17) is 0 Å². The van der Waals surface area contributed by atoms with Crippen molar-refractivity contribution in [2.75, 3.05) is 24.5 Å². The smallest absolute Gasteiger partial charge is 0.146 e. The molecule has 1 fully saturated rings. The van der Waals surface area contributed by atoms with Crippen LogP contribution in [-0.2, 0) is 6.54 Å². The van der Waals surface area contributed by atoms with Crippen LogP contribution in [0.4, 0.5) is 10.1 Å². The summed E-state index contributed by atoms with van der Waals surface area (Å²) >= 11 is 0. The van der Waals surface area contributed by atoms with Gasteiger partial charge < -0.3 is 15.3 Å². The second-order valence-electron chi connectivity index (χ2n) is 4.78. The second kappa shape index (κ2) is 6.16. The van der Waals surface area contributed by atoms with Crippen LogP contribution < -0.4 is 10.2 Å². The van der Waals surface area contributed by atoms with Gasteiger partial charge in [0.05, 0.1) is 11.8 Å². The Kier molecular flexibility index (Phi) is 4.55. The van der Waals surface area contributed by atoms with Crippen LogP contribution in [0.25, 0.3) is 0 Å².